The van der Waals surface area contributed by atoms with Crippen LogP contribution in [0.5, 0.6) is 0 Å². The number of halogens is 3. The smallest absolute Gasteiger partial charge is 0.422 e. The number of aliphatic hydroxyl groups is 1. The second kappa shape index (κ2) is 17.8. The van der Waals surface area contributed by atoms with Crippen molar-refractivity contribution in [3.63, 3.8) is 0 Å². The lowest BCUT2D eigenvalue weighted by Gasteiger charge is -2.30. The first-order valence-electron chi connectivity index (χ1n) is 18.2. The summed E-state index contributed by atoms with van der Waals surface area (Å²) in [7, 11) is 0. The lowest BCUT2D eigenvalue weighted by molar-refractivity contribution is -0.182. The number of carbonyl (C=O) groups is 5. The van der Waals surface area contributed by atoms with E-state index in [1.54, 1.807) is 32.9 Å². The molecule has 16 heteroatoms. The van der Waals surface area contributed by atoms with Gasteiger partial charge in [-0.3, -0.25) is 14.4 Å². The topological polar surface area (TPSA) is 176 Å². The monoisotopic (exact) mass is 786 g/mol. The van der Waals surface area contributed by atoms with E-state index in [2.05, 4.69) is 15.4 Å². The number of fused-ring (bicyclic) bond motifs is 2. The maximum atomic E-state index is 13.7. The Bertz CT molecular complexity index is 1830. The van der Waals surface area contributed by atoms with Crippen LogP contribution in [0.1, 0.15) is 73.5 Å². The Hall–Kier alpha value is -5.06. The van der Waals surface area contributed by atoms with Crippen LogP contribution in [-0.2, 0) is 55.7 Å². The molecule has 2 amide bonds. The molecule has 1 fully saturated rings. The molecule has 5 rings (SSSR count). The first-order chi connectivity index (χ1) is 26.4. The number of rotatable bonds is 14. The van der Waals surface area contributed by atoms with Gasteiger partial charge in [0.25, 0.3) is 0 Å². The van der Waals surface area contributed by atoms with Gasteiger partial charge in [0.2, 0.25) is 11.8 Å². The molecule has 1 aliphatic heterocycles. The molecule has 1 heterocycles. The van der Waals surface area contributed by atoms with E-state index in [4.69, 9.17) is 18.9 Å². The van der Waals surface area contributed by atoms with Gasteiger partial charge in [0.1, 0.15) is 23.9 Å². The number of hydrogen-bond acceptors (Lipinski definition) is 11. The van der Waals surface area contributed by atoms with Crippen molar-refractivity contribution < 1.29 is 65.9 Å². The number of benzene rings is 2. The maximum absolute atomic E-state index is 13.7. The molecule has 56 heavy (non-hydrogen) atoms. The Morgan fingerprint density at radius 3 is 2.32 bits per heavy atom. The number of nitrogens with one attached hydrogen (secondary N) is 2. The van der Waals surface area contributed by atoms with Gasteiger partial charge in [-0.05, 0) is 62.1 Å². The number of carbonyl (C=O) groups excluding carboxylic acids is 5. The molecule has 3 aliphatic rings. The van der Waals surface area contributed by atoms with E-state index in [9.17, 15) is 42.3 Å². The van der Waals surface area contributed by atoms with Gasteiger partial charge in [-0.1, -0.05) is 42.5 Å². The van der Waals surface area contributed by atoms with Crippen molar-refractivity contribution in [2.75, 3.05) is 19.8 Å². The molecule has 1 spiro atoms. The summed E-state index contributed by atoms with van der Waals surface area (Å²) in [6.45, 7) is 2.96. The lowest BCUT2D eigenvalue weighted by Crippen LogP contribution is -2.44. The Kier molecular flexibility index (Phi) is 13.4. The standard InChI is InChI=1S/C40H45F3N2O11/c1-38(2,3)55-34(49)15-13-28(22-46)45-32(47)16-17-44-36(50)27-18-30(35-31(19-27)54-39(56-35)20-25-9-4-5-10-26(25)21-39)53-37(51)29-11-7-6-8-24(29)12-14-33(48)52-23-40(41,42)43/h4-12,14,19,28,30-31,35,46H,13,15-18,20-23H2,1-3H3,(H,44,50)(H,45,47). The van der Waals surface area contributed by atoms with E-state index in [-0.39, 0.29) is 48.9 Å². The van der Waals surface area contributed by atoms with Crippen LogP contribution >= 0.6 is 0 Å². The predicted molar refractivity (Wildman–Crippen MR) is 192 cm³/mol. The van der Waals surface area contributed by atoms with E-state index >= 15 is 0 Å². The Morgan fingerprint density at radius 2 is 1.66 bits per heavy atom. The summed E-state index contributed by atoms with van der Waals surface area (Å²) < 4.78 is 65.9. The molecular formula is C40H45F3N2O11. The van der Waals surface area contributed by atoms with Crippen molar-refractivity contribution in [3.05, 3.63) is 88.5 Å². The quantitative estimate of drug-likeness (QED) is 0.143. The number of esters is 3. The summed E-state index contributed by atoms with van der Waals surface area (Å²) in [6, 6.07) is 13.0. The first kappa shape index (κ1) is 42.1. The van der Waals surface area contributed by atoms with Gasteiger partial charge in [-0.25, -0.2) is 9.59 Å². The van der Waals surface area contributed by atoms with Crippen LogP contribution in [0.15, 0.2) is 66.3 Å². The molecular weight excluding hydrogens is 741 g/mol. The lowest BCUT2D eigenvalue weighted by atomic mass is 9.91. The molecule has 0 saturated carbocycles. The van der Waals surface area contributed by atoms with Gasteiger partial charge in [0.15, 0.2) is 12.4 Å². The summed E-state index contributed by atoms with van der Waals surface area (Å²) in [6.07, 6.45) is -3.06. The predicted octanol–water partition coefficient (Wildman–Crippen LogP) is 4.05. The third kappa shape index (κ3) is 11.7. The fraction of sp³-hybridized carbons (Fsp3) is 0.475. The van der Waals surface area contributed by atoms with Crippen LogP contribution in [0.4, 0.5) is 13.2 Å². The first-order valence-corrected chi connectivity index (χ1v) is 18.2. The van der Waals surface area contributed by atoms with E-state index < -0.39 is 84.9 Å². The minimum Gasteiger partial charge on any atom is -0.460 e. The van der Waals surface area contributed by atoms with Crippen LogP contribution in [0.25, 0.3) is 6.08 Å². The van der Waals surface area contributed by atoms with Crippen LogP contribution < -0.4 is 10.6 Å². The van der Waals surface area contributed by atoms with E-state index in [1.807, 2.05) is 24.3 Å². The molecule has 13 nitrogen and oxygen atoms in total. The molecule has 3 N–H and O–H groups in total. The molecule has 4 unspecified atom stereocenters. The highest BCUT2D eigenvalue weighted by Crippen LogP contribution is 2.45. The summed E-state index contributed by atoms with van der Waals surface area (Å²) in [5.41, 5.74) is 1.76. The Labute approximate surface area is 321 Å². The van der Waals surface area contributed by atoms with Gasteiger partial charge >= 0.3 is 24.1 Å². The highest BCUT2D eigenvalue weighted by Gasteiger charge is 2.55. The highest BCUT2D eigenvalue weighted by atomic mass is 19.4. The Morgan fingerprint density at radius 1 is 0.982 bits per heavy atom. The summed E-state index contributed by atoms with van der Waals surface area (Å²) >= 11 is 0. The summed E-state index contributed by atoms with van der Waals surface area (Å²) in [5, 5.41) is 15.1. The van der Waals surface area contributed by atoms with Gasteiger partial charge in [0, 0.05) is 50.3 Å². The molecule has 302 valence electrons. The zero-order valence-corrected chi connectivity index (χ0v) is 31.2. The van der Waals surface area contributed by atoms with E-state index in [0.717, 1.165) is 23.3 Å². The van der Waals surface area contributed by atoms with Gasteiger partial charge in [-0.2, -0.15) is 13.2 Å². The van der Waals surface area contributed by atoms with Crippen molar-refractivity contribution in [3.8, 4) is 0 Å². The Balaban J connectivity index is 1.24. The van der Waals surface area contributed by atoms with Crippen LogP contribution in [0.2, 0.25) is 0 Å². The minimum atomic E-state index is -4.71. The van der Waals surface area contributed by atoms with Crippen molar-refractivity contribution in [1.29, 1.82) is 0 Å². The average Bonchev–Trinajstić information content (AvgIpc) is 3.68. The summed E-state index contributed by atoms with van der Waals surface area (Å²) in [4.78, 5) is 63.8. The number of ether oxygens (including phenoxy) is 5. The molecule has 2 aromatic rings. The second-order valence-electron chi connectivity index (χ2n) is 14.8. The van der Waals surface area contributed by atoms with E-state index in [1.165, 1.54) is 18.2 Å². The van der Waals surface area contributed by atoms with Crippen LogP contribution in [-0.4, -0.2) is 96.5 Å². The van der Waals surface area contributed by atoms with Gasteiger partial charge in [0.05, 0.1) is 18.2 Å². The zero-order valence-electron chi connectivity index (χ0n) is 31.2. The molecule has 2 aromatic carbocycles. The molecule has 0 aromatic heterocycles. The third-order valence-corrected chi connectivity index (χ3v) is 9.06. The number of alkyl halides is 3. The van der Waals surface area contributed by atoms with Crippen molar-refractivity contribution >= 4 is 35.8 Å². The van der Waals surface area contributed by atoms with Crippen LogP contribution in [0.3, 0.4) is 0 Å². The number of hydrogen-bond donors (Lipinski definition) is 3. The fourth-order valence-corrected chi connectivity index (χ4v) is 6.65. The molecule has 2 aliphatic carbocycles. The molecule has 4 atom stereocenters. The highest BCUT2D eigenvalue weighted by molar-refractivity contribution is 5.97. The fourth-order valence-electron chi connectivity index (χ4n) is 6.65. The van der Waals surface area contributed by atoms with Crippen LogP contribution in [0, 0.1) is 0 Å². The van der Waals surface area contributed by atoms with E-state index in [0.29, 0.717) is 12.8 Å². The molecule has 0 radical (unpaired) electrons. The number of aliphatic hydroxyl groups excluding tert-OH is 1. The van der Waals surface area contributed by atoms with Gasteiger partial charge in [-0.15, -0.1) is 0 Å². The normalized spacial score (nSPS) is 20.4. The van der Waals surface area contributed by atoms with Crippen molar-refractivity contribution in [2.24, 2.45) is 0 Å². The summed E-state index contributed by atoms with van der Waals surface area (Å²) in [5.74, 6) is -4.65. The molecule has 1 saturated heterocycles. The van der Waals surface area contributed by atoms with Gasteiger partial charge < -0.3 is 39.4 Å². The minimum absolute atomic E-state index is 0.00957. The van der Waals surface area contributed by atoms with Crippen molar-refractivity contribution in [2.45, 2.75) is 101 Å². The number of amides is 2. The second-order valence-corrected chi connectivity index (χ2v) is 14.8. The largest absolute Gasteiger partial charge is 0.460 e. The third-order valence-electron chi connectivity index (χ3n) is 9.06. The average molecular weight is 787 g/mol. The maximum Gasteiger partial charge on any atom is 0.422 e. The SMILES string of the molecule is CC(C)(C)OC(=O)CCC(CO)NC(=O)CCNC(=O)C1=CC2OC3(Cc4ccccc4C3)OC2C(OC(=O)c2ccccc2C=CC(=O)OCC(F)(F)F)C1. The zero-order chi connectivity index (χ0) is 40.7. The molecule has 0 bridgehead atoms. The van der Waals surface area contributed by atoms with Crippen molar-refractivity contribution in [1.82, 2.24) is 10.6 Å².